The lowest BCUT2D eigenvalue weighted by Gasteiger charge is -2.21. The number of aromatic nitrogens is 2. The minimum absolute atomic E-state index is 0.389. The van der Waals surface area contributed by atoms with Crippen molar-refractivity contribution in [2.24, 2.45) is 0 Å². The number of methoxy groups -OCH3 is 1. The summed E-state index contributed by atoms with van der Waals surface area (Å²) in [6.07, 6.45) is 0.740. The molecule has 0 fully saturated rings. The second kappa shape index (κ2) is 5.72. The number of alkyl halides is 1. The first-order valence-corrected chi connectivity index (χ1v) is 6.62. The smallest absolute Gasteiger partial charge is 0.248 e. The molecule has 0 aliphatic carbocycles. The molecule has 2 unspecified atom stereocenters. The molecule has 4 nitrogen and oxygen atoms in total. The van der Waals surface area contributed by atoms with Crippen molar-refractivity contribution in [3.05, 3.63) is 47.7 Å². The molecule has 0 bridgehead atoms. The maximum atomic E-state index is 6.34. The number of benzene rings is 1. The van der Waals surface area contributed by atoms with Crippen LogP contribution in [0.15, 0.2) is 34.7 Å². The van der Waals surface area contributed by atoms with Crippen LogP contribution in [0.5, 0.6) is 0 Å². The molecule has 0 aliphatic rings. The molecule has 102 valence electrons. The van der Waals surface area contributed by atoms with Crippen LogP contribution >= 0.6 is 11.6 Å². The Balaban J connectivity index is 2.27. The molecule has 2 atom stereocenters. The Hall–Kier alpha value is -1.39. The van der Waals surface area contributed by atoms with Gasteiger partial charge in [-0.15, -0.1) is 21.8 Å². The molecule has 1 aromatic heterocycles. The zero-order valence-electron chi connectivity index (χ0n) is 11.3. The Labute approximate surface area is 117 Å². The molecule has 0 N–H and O–H groups in total. The summed E-state index contributed by atoms with van der Waals surface area (Å²) in [7, 11) is 1.63. The summed E-state index contributed by atoms with van der Waals surface area (Å²) in [6.45, 7) is 3.92. The van der Waals surface area contributed by atoms with Crippen LogP contribution in [0.25, 0.3) is 0 Å². The van der Waals surface area contributed by atoms with Crippen molar-refractivity contribution in [1.82, 2.24) is 10.2 Å². The molecule has 0 radical (unpaired) electrons. The SMILES string of the molecule is CCC(C)(OC)c1nnc(C(Cl)c2ccccc2)o1. The second-order valence-electron chi connectivity index (χ2n) is 4.51. The summed E-state index contributed by atoms with van der Waals surface area (Å²) in [5.41, 5.74) is 0.355. The predicted molar refractivity (Wildman–Crippen MR) is 73.1 cm³/mol. The van der Waals surface area contributed by atoms with Gasteiger partial charge in [0, 0.05) is 7.11 Å². The quantitative estimate of drug-likeness (QED) is 0.784. The van der Waals surface area contributed by atoms with Gasteiger partial charge in [0.25, 0.3) is 0 Å². The van der Waals surface area contributed by atoms with Crippen LogP contribution in [0.3, 0.4) is 0 Å². The fourth-order valence-electron chi connectivity index (χ4n) is 1.70. The fourth-order valence-corrected chi connectivity index (χ4v) is 1.93. The third-order valence-electron chi connectivity index (χ3n) is 3.33. The minimum Gasteiger partial charge on any atom is -0.420 e. The number of hydrogen-bond donors (Lipinski definition) is 0. The van der Waals surface area contributed by atoms with Gasteiger partial charge < -0.3 is 9.15 Å². The first-order valence-electron chi connectivity index (χ1n) is 6.18. The minimum atomic E-state index is -0.571. The molecule has 1 heterocycles. The van der Waals surface area contributed by atoms with E-state index in [-0.39, 0.29) is 0 Å². The van der Waals surface area contributed by atoms with E-state index in [4.69, 9.17) is 20.8 Å². The third-order valence-corrected chi connectivity index (χ3v) is 3.77. The van der Waals surface area contributed by atoms with E-state index in [0.29, 0.717) is 11.8 Å². The van der Waals surface area contributed by atoms with Crippen LogP contribution in [-0.2, 0) is 10.3 Å². The highest BCUT2D eigenvalue weighted by molar-refractivity contribution is 6.22. The van der Waals surface area contributed by atoms with E-state index in [1.165, 1.54) is 0 Å². The van der Waals surface area contributed by atoms with E-state index < -0.39 is 11.0 Å². The Kier molecular flexibility index (Phi) is 4.22. The van der Waals surface area contributed by atoms with Gasteiger partial charge in [-0.1, -0.05) is 37.3 Å². The second-order valence-corrected chi connectivity index (χ2v) is 4.94. The molecular weight excluding hydrogens is 264 g/mol. The van der Waals surface area contributed by atoms with E-state index >= 15 is 0 Å². The van der Waals surface area contributed by atoms with Gasteiger partial charge in [-0.05, 0) is 18.9 Å². The zero-order chi connectivity index (χ0) is 13.9. The van der Waals surface area contributed by atoms with Gasteiger partial charge in [0.05, 0.1) is 0 Å². The number of ether oxygens (including phenoxy) is 1. The van der Waals surface area contributed by atoms with Crippen molar-refractivity contribution in [2.75, 3.05) is 7.11 Å². The standard InChI is InChI=1S/C14H17ClN2O2/c1-4-14(2,18-3)13-17-16-12(19-13)11(15)10-8-6-5-7-9-10/h5-9,11H,4H2,1-3H3. The topological polar surface area (TPSA) is 48.2 Å². The monoisotopic (exact) mass is 280 g/mol. The number of hydrogen-bond acceptors (Lipinski definition) is 4. The van der Waals surface area contributed by atoms with Crippen LogP contribution in [-0.4, -0.2) is 17.3 Å². The van der Waals surface area contributed by atoms with Gasteiger partial charge in [0.15, 0.2) is 0 Å². The van der Waals surface area contributed by atoms with Gasteiger partial charge in [-0.3, -0.25) is 0 Å². The van der Waals surface area contributed by atoms with Gasteiger partial charge in [-0.25, -0.2) is 0 Å². The molecular formula is C14H17ClN2O2. The van der Waals surface area contributed by atoms with E-state index in [2.05, 4.69) is 10.2 Å². The summed E-state index contributed by atoms with van der Waals surface area (Å²) in [5, 5.41) is 7.63. The predicted octanol–water partition coefficient (Wildman–Crippen LogP) is 3.67. The molecule has 19 heavy (non-hydrogen) atoms. The maximum absolute atomic E-state index is 6.34. The Morgan fingerprint density at radius 3 is 2.58 bits per heavy atom. The summed E-state index contributed by atoms with van der Waals surface area (Å²) in [4.78, 5) is 0. The maximum Gasteiger partial charge on any atom is 0.248 e. The molecule has 2 rings (SSSR count). The van der Waals surface area contributed by atoms with Gasteiger partial charge in [0.1, 0.15) is 11.0 Å². The molecule has 1 aromatic carbocycles. The van der Waals surface area contributed by atoms with Gasteiger partial charge >= 0.3 is 0 Å². The molecule has 2 aromatic rings. The molecule has 0 amide bonds. The van der Waals surface area contributed by atoms with Crippen molar-refractivity contribution in [2.45, 2.75) is 31.2 Å². The van der Waals surface area contributed by atoms with Crippen LogP contribution in [0.4, 0.5) is 0 Å². The Morgan fingerprint density at radius 2 is 2.00 bits per heavy atom. The fraction of sp³-hybridized carbons (Fsp3) is 0.429. The summed E-state index contributed by atoms with van der Waals surface area (Å²) >= 11 is 6.34. The summed E-state index contributed by atoms with van der Waals surface area (Å²) in [6, 6.07) is 9.64. The Morgan fingerprint density at radius 1 is 1.32 bits per heavy atom. The summed E-state index contributed by atoms with van der Waals surface area (Å²) < 4.78 is 11.1. The number of nitrogens with zero attached hydrogens (tertiary/aromatic N) is 2. The van der Waals surface area contributed by atoms with E-state index in [0.717, 1.165) is 12.0 Å². The van der Waals surface area contributed by atoms with E-state index in [1.54, 1.807) is 7.11 Å². The zero-order valence-corrected chi connectivity index (χ0v) is 12.0. The number of rotatable bonds is 5. The van der Waals surface area contributed by atoms with Crippen molar-refractivity contribution in [3.8, 4) is 0 Å². The van der Waals surface area contributed by atoms with Crippen LogP contribution in [0.1, 0.15) is 43.0 Å². The largest absolute Gasteiger partial charge is 0.420 e. The Bertz CT molecular complexity index is 523. The van der Waals surface area contributed by atoms with Crippen LogP contribution in [0.2, 0.25) is 0 Å². The van der Waals surface area contributed by atoms with E-state index in [1.807, 2.05) is 44.2 Å². The van der Waals surface area contributed by atoms with Gasteiger partial charge in [-0.2, -0.15) is 0 Å². The lowest BCUT2D eigenvalue weighted by molar-refractivity contribution is -0.0241. The first kappa shape index (κ1) is 14.0. The molecule has 0 aliphatic heterocycles. The molecule has 5 heteroatoms. The number of halogens is 1. The lowest BCUT2D eigenvalue weighted by Crippen LogP contribution is -2.23. The van der Waals surface area contributed by atoms with Crippen LogP contribution in [0, 0.1) is 0 Å². The molecule has 0 spiro atoms. The first-order chi connectivity index (χ1) is 9.10. The highest BCUT2D eigenvalue weighted by Gasteiger charge is 2.31. The van der Waals surface area contributed by atoms with Crippen molar-refractivity contribution in [3.63, 3.8) is 0 Å². The lowest BCUT2D eigenvalue weighted by atomic mass is 10.0. The van der Waals surface area contributed by atoms with Crippen molar-refractivity contribution >= 4 is 11.6 Å². The third kappa shape index (κ3) is 2.80. The average Bonchev–Trinajstić information content (AvgIpc) is 2.97. The molecule has 0 saturated heterocycles. The van der Waals surface area contributed by atoms with Crippen LogP contribution < -0.4 is 0 Å². The molecule has 0 saturated carbocycles. The van der Waals surface area contributed by atoms with Crippen molar-refractivity contribution in [1.29, 1.82) is 0 Å². The van der Waals surface area contributed by atoms with Crippen molar-refractivity contribution < 1.29 is 9.15 Å². The average molecular weight is 281 g/mol. The van der Waals surface area contributed by atoms with E-state index in [9.17, 15) is 0 Å². The van der Waals surface area contributed by atoms with Gasteiger partial charge in [0.2, 0.25) is 11.8 Å². The summed E-state index contributed by atoms with van der Waals surface area (Å²) in [5.74, 6) is 0.841. The highest BCUT2D eigenvalue weighted by atomic mass is 35.5. The highest BCUT2D eigenvalue weighted by Crippen LogP contribution is 2.32. The normalized spacial score (nSPS) is 16.0.